The summed E-state index contributed by atoms with van der Waals surface area (Å²) in [6.45, 7) is 0.787. The number of hydrogen-bond acceptors (Lipinski definition) is 4. The lowest BCUT2D eigenvalue weighted by Gasteiger charge is -2.26. The van der Waals surface area contributed by atoms with Gasteiger partial charge in [0.25, 0.3) is 11.5 Å². The van der Waals surface area contributed by atoms with E-state index >= 15 is 0 Å². The molecule has 1 aliphatic heterocycles. The van der Waals surface area contributed by atoms with Gasteiger partial charge in [-0.1, -0.05) is 12.1 Å². The van der Waals surface area contributed by atoms with Gasteiger partial charge in [0.05, 0.1) is 19.2 Å². The molecule has 2 aromatic rings. The van der Waals surface area contributed by atoms with Gasteiger partial charge in [-0.05, 0) is 12.1 Å². The Morgan fingerprint density at radius 3 is 2.82 bits per heavy atom. The topological polar surface area (TPSA) is 87.4 Å². The molecule has 3 rings (SSSR count). The van der Waals surface area contributed by atoms with Gasteiger partial charge in [-0.3, -0.25) is 14.7 Å². The zero-order chi connectivity index (χ0) is 15.5. The molecule has 7 heteroatoms. The third-order valence-corrected chi connectivity index (χ3v) is 3.72. The van der Waals surface area contributed by atoms with E-state index in [1.165, 1.54) is 0 Å². The van der Waals surface area contributed by atoms with Crippen LogP contribution in [-0.2, 0) is 17.8 Å². The molecular weight excluding hydrogens is 286 g/mol. The predicted octanol–water partition coefficient (Wildman–Crippen LogP) is 0.675. The first kappa shape index (κ1) is 14.2. The van der Waals surface area contributed by atoms with Crippen molar-refractivity contribution in [3.05, 3.63) is 45.9 Å². The molecule has 7 nitrogen and oxygen atoms in total. The average Bonchev–Trinajstić information content (AvgIpc) is 2.93. The Hall–Kier alpha value is -2.70. The van der Waals surface area contributed by atoms with Crippen molar-refractivity contribution in [1.29, 1.82) is 0 Å². The Morgan fingerprint density at radius 2 is 2.05 bits per heavy atom. The molecule has 1 aliphatic rings. The number of carbonyl (C=O) groups is 1. The zero-order valence-corrected chi connectivity index (χ0v) is 12.2. The van der Waals surface area contributed by atoms with Gasteiger partial charge in [-0.15, -0.1) is 0 Å². The molecule has 116 valence electrons. The minimum Gasteiger partial charge on any atom is -0.493 e. The molecule has 0 atom stereocenters. The molecule has 0 saturated carbocycles. The molecule has 0 bridgehead atoms. The van der Waals surface area contributed by atoms with E-state index in [1.807, 2.05) is 12.1 Å². The highest BCUT2D eigenvalue weighted by Gasteiger charge is 2.24. The smallest absolute Gasteiger partial charge is 0.269 e. The van der Waals surface area contributed by atoms with Crippen molar-refractivity contribution in [2.24, 2.45) is 0 Å². The van der Waals surface area contributed by atoms with E-state index in [2.05, 4.69) is 10.2 Å². The lowest BCUT2D eigenvalue weighted by molar-refractivity contribution is -0.134. The quantitative estimate of drug-likeness (QED) is 0.869. The van der Waals surface area contributed by atoms with Gasteiger partial charge in [0.15, 0.2) is 18.1 Å². The number of benzene rings is 1. The van der Waals surface area contributed by atoms with Crippen LogP contribution in [0.15, 0.2) is 29.1 Å². The fraction of sp³-hybridized carbons (Fsp3) is 0.333. The molecule has 0 saturated heterocycles. The second-order valence-corrected chi connectivity index (χ2v) is 5.04. The van der Waals surface area contributed by atoms with Gasteiger partial charge in [0.1, 0.15) is 0 Å². The maximum atomic E-state index is 12.3. The van der Waals surface area contributed by atoms with E-state index in [0.717, 1.165) is 5.69 Å². The predicted molar refractivity (Wildman–Crippen MR) is 79.0 cm³/mol. The third kappa shape index (κ3) is 2.69. The van der Waals surface area contributed by atoms with Crippen molar-refractivity contribution in [3.63, 3.8) is 0 Å². The summed E-state index contributed by atoms with van der Waals surface area (Å²) >= 11 is 0. The van der Waals surface area contributed by atoms with Crippen LogP contribution in [0.2, 0.25) is 0 Å². The van der Waals surface area contributed by atoms with Gasteiger partial charge in [-0.25, -0.2) is 0 Å². The first-order valence-corrected chi connectivity index (χ1v) is 7.01. The van der Waals surface area contributed by atoms with Crippen molar-refractivity contribution >= 4 is 5.91 Å². The number of aromatic nitrogens is 2. The number of ether oxygens (including phenoxy) is 2. The molecule has 1 aromatic carbocycles. The van der Waals surface area contributed by atoms with E-state index in [-0.39, 0.29) is 18.1 Å². The molecule has 0 aliphatic carbocycles. The number of hydrogen-bond donors (Lipinski definition) is 2. The monoisotopic (exact) mass is 303 g/mol. The number of aromatic amines is 2. The summed E-state index contributed by atoms with van der Waals surface area (Å²) in [5, 5.41) is 5.38. The van der Waals surface area contributed by atoms with Crippen molar-refractivity contribution in [1.82, 2.24) is 15.1 Å². The number of amides is 1. The van der Waals surface area contributed by atoms with E-state index in [0.29, 0.717) is 36.6 Å². The Morgan fingerprint density at radius 1 is 1.27 bits per heavy atom. The van der Waals surface area contributed by atoms with E-state index in [4.69, 9.17) is 9.47 Å². The number of fused-ring (bicyclic) bond motifs is 1. The zero-order valence-electron chi connectivity index (χ0n) is 12.2. The van der Waals surface area contributed by atoms with Crippen LogP contribution in [0, 0.1) is 0 Å². The minimum absolute atomic E-state index is 0.0853. The highest BCUT2D eigenvalue weighted by Crippen LogP contribution is 2.25. The van der Waals surface area contributed by atoms with Crippen LogP contribution in [0.3, 0.4) is 0 Å². The molecule has 1 amide bonds. The molecule has 1 aromatic heterocycles. The Labute approximate surface area is 126 Å². The van der Waals surface area contributed by atoms with Crippen LogP contribution in [-0.4, -0.2) is 41.3 Å². The van der Waals surface area contributed by atoms with Crippen LogP contribution in [0.4, 0.5) is 0 Å². The van der Waals surface area contributed by atoms with Crippen LogP contribution in [0.1, 0.15) is 11.3 Å². The fourth-order valence-corrected chi connectivity index (χ4v) is 2.50. The van der Waals surface area contributed by atoms with Crippen molar-refractivity contribution < 1.29 is 14.3 Å². The fourth-order valence-electron chi connectivity index (χ4n) is 2.50. The molecule has 2 N–H and O–H groups in total. The van der Waals surface area contributed by atoms with E-state index in [9.17, 15) is 9.59 Å². The summed E-state index contributed by atoms with van der Waals surface area (Å²) in [7, 11) is 1.55. The van der Waals surface area contributed by atoms with E-state index in [1.54, 1.807) is 24.1 Å². The molecule has 0 fully saturated rings. The molecule has 0 radical (unpaired) electrons. The molecule has 22 heavy (non-hydrogen) atoms. The largest absolute Gasteiger partial charge is 0.493 e. The van der Waals surface area contributed by atoms with Crippen LogP contribution >= 0.6 is 0 Å². The van der Waals surface area contributed by atoms with Crippen LogP contribution < -0.4 is 15.0 Å². The first-order chi connectivity index (χ1) is 10.7. The first-order valence-electron chi connectivity index (χ1n) is 7.01. The van der Waals surface area contributed by atoms with E-state index < -0.39 is 0 Å². The number of H-pyrrole nitrogens is 2. The molecule has 0 unspecified atom stereocenters. The number of carbonyl (C=O) groups excluding carboxylic acids is 1. The van der Waals surface area contributed by atoms with Gasteiger partial charge in [0, 0.05) is 18.7 Å². The van der Waals surface area contributed by atoms with Gasteiger partial charge in [-0.2, -0.15) is 0 Å². The molecule has 0 spiro atoms. The van der Waals surface area contributed by atoms with Crippen LogP contribution in [0.5, 0.6) is 11.5 Å². The highest BCUT2D eigenvalue weighted by atomic mass is 16.5. The maximum absolute atomic E-state index is 12.3. The molecule has 2 heterocycles. The van der Waals surface area contributed by atoms with Crippen molar-refractivity contribution in [2.45, 2.75) is 13.0 Å². The van der Waals surface area contributed by atoms with Crippen LogP contribution in [0.25, 0.3) is 0 Å². The van der Waals surface area contributed by atoms with Crippen molar-refractivity contribution in [3.8, 4) is 11.5 Å². The second-order valence-electron chi connectivity index (χ2n) is 5.04. The minimum atomic E-state index is -0.168. The third-order valence-electron chi connectivity index (χ3n) is 3.72. The highest BCUT2D eigenvalue weighted by molar-refractivity contribution is 5.78. The summed E-state index contributed by atoms with van der Waals surface area (Å²) in [4.78, 5) is 25.5. The number of rotatable bonds is 4. The van der Waals surface area contributed by atoms with Gasteiger partial charge in [0.2, 0.25) is 0 Å². The number of nitrogens with one attached hydrogen (secondary N) is 2. The lowest BCUT2D eigenvalue weighted by atomic mass is 10.1. The normalized spacial score (nSPS) is 13.6. The number of para-hydroxylation sites is 2. The SMILES string of the molecule is COc1ccccc1OCC(=O)N1CCc2[nH][nH]c(=O)c2C1. The summed E-state index contributed by atoms with van der Waals surface area (Å²) in [5.74, 6) is 0.950. The van der Waals surface area contributed by atoms with Gasteiger partial charge < -0.3 is 19.5 Å². The van der Waals surface area contributed by atoms with Crippen molar-refractivity contribution in [2.75, 3.05) is 20.3 Å². The Bertz CT molecular complexity index is 734. The Balaban J connectivity index is 1.64. The Kier molecular flexibility index (Phi) is 3.86. The lowest BCUT2D eigenvalue weighted by Crippen LogP contribution is -2.40. The summed E-state index contributed by atoms with van der Waals surface area (Å²) in [6, 6.07) is 7.16. The average molecular weight is 303 g/mol. The number of nitrogens with zero attached hydrogens (tertiary/aromatic N) is 1. The second kappa shape index (κ2) is 5.97. The number of methoxy groups -OCH3 is 1. The maximum Gasteiger partial charge on any atom is 0.269 e. The summed E-state index contributed by atoms with van der Waals surface area (Å²) in [6.07, 6.45) is 0.633. The standard InChI is InChI=1S/C15H17N3O4/c1-21-12-4-2-3-5-13(12)22-9-14(19)18-7-6-11-10(8-18)15(20)17-16-11/h2-5H,6-9H2,1H3,(H2,16,17,20). The summed E-state index contributed by atoms with van der Waals surface area (Å²) in [5.41, 5.74) is 1.33. The van der Waals surface area contributed by atoms with Gasteiger partial charge >= 0.3 is 0 Å². The molecular formula is C15H17N3O4. The summed E-state index contributed by atoms with van der Waals surface area (Å²) < 4.78 is 10.7.